The van der Waals surface area contributed by atoms with Gasteiger partial charge in [0.25, 0.3) is 11.1 Å². The second kappa shape index (κ2) is 13.1. The van der Waals surface area contributed by atoms with E-state index in [1.807, 2.05) is 31.2 Å². The Morgan fingerprint density at radius 1 is 1.07 bits per heavy atom. The van der Waals surface area contributed by atoms with Crippen molar-refractivity contribution < 1.29 is 28.2 Å². The molecular weight excluding hydrogens is 555 g/mol. The Morgan fingerprint density at radius 3 is 2.57 bits per heavy atom. The summed E-state index contributed by atoms with van der Waals surface area (Å²) in [6.07, 6.45) is 4.57. The zero-order valence-electron chi connectivity index (χ0n) is 23.3. The number of fused-ring (bicyclic) bond motifs is 1. The lowest BCUT2D eigenvalue weighted by Crippen LogP contribution is -2.44. The highest BCUT2D eigenvalue weighted by molar-refractivity contribution is 8.18. The lowest BCUT2D eigenvalue weighted by Gasteiger charge is -2.29. The van der Waals surface area contributed by atoms with Gasteiger partial charge < -0.3 is 14.4 Å². The number of halogens is 1. The number of thioether (sulfide) groups is 1. The molecule has 1 fully saturated rings. The zero-order valence-corrected chi connectivity index (χ0v) is 24.1. The van der Waals surface area contributed by atoms with Crippen molar-refractivity contribution in [3.8, 4) is 11.5 Å². The van der Waals surface area contributed by atoms with E-state index in [0.29, 0.717) is 43.2 Å². The van der Waals surface area contributed by atoms with E-state index in [1.54, 1.807) is 35.3 Å². The van der Waals surface area contributed by atoms with Crippen molar-refractivity contribution in [3.63, 3.8) is 0 Å². The molecule has 42 heavy (non-hydrogen) atoms. The van der Waals surface area contributed by atoms with Crippen molar-refractivity contribution in [2.75, 3.05) is 19.7 Å². The summed E-state index contributed by atoms with van der Waals surface area (Å²) >= 11 is 0.810. The number of hydrogen-bond donors (Lipinski definition) is 0. The first kappa shape index (κ1) is 29.1. The minimum Gasteiger partial charge on any atom is -0.490 e. The minimum atomic E-state index is -0.504. The molecular formula is C33H31FN2O5S. The Kier molecular flexibility index (Phi) is 9.07. The van der Waals surface area contributed by atoms with Gasteiger partial charge in [0.15, 0.2) is 11.5 Å². The van der Waals surface area contributed by atoms with Gasteiger partial charge in [0.05, 0.1) is 11.5 Å². The monoisotopic (exact) mass is 586 g/mol. The molecule has 0 unspecified atom stereocenters. The topological polar surface area (TPSA) is 76.2 Å². The summed E-state index contributed by atoms with van der Waals surface area (Å²) in [4.78, 5) is 42.1. The number of nitrogens with zero attached hydrogens (tertiary/aromatic N) is 2. The number of ether oxygens (including phenoxy) is 2. The molecule has 216 valence electrons. The summed E-state index contributed by atoms with van der Waals surface area (Å²) in [6, 6.07) is 17.6. The molecule has 0 bridgehead atoms. The molecule has 0 radical (unpaired) electrons. The Morgan fingerprint density at radius 2 is 1.83 bits per heavy atom. The highest BCUT2D eigenvalue weighted by atomic mass is 32.2. The van der Waals surface area contributed by atoms with Gasteiger partial charge in [-0.15, -0.1) is 6.58 Å². The van der Waals surface area contributed by atoms with E-state index in [-0.39, 0.29) is 29.8 Å². The molecule has 9 heteroatoms. The summed E-state index contributed by atoms with van der Waals surface area (Å²) in [5.41, 5.74) is 4.52. The van der Waals surface area contributed by atoms with Crippen LogP contribution in [0.3, 0.4) is 0 Å². The van der Waals surface area contributed by atoms with Crippen LogP contribution < -0.4 is 9.47 Å². The summed E-state index contributed by atoms with van der Waals surface area (Å²) in [5, 5.41) is -0.479. The Labute approximate surface area is 248 Å². The minimum absolute atomic E-state index is 0.208. The fraction of sp³-hybridized carbons (Fsp3) is 0.242. The van der Waals surface area contributed by atoms with Gasteiger partial charge >= 0.3 is 0 Å². The van der Waals surface area contributed by atoms with Crippen LogP contribution in [0, 0.1) is 5.82 Å². The molecule has 2 aliphatic rings. The first-order valence-electron chi connectivity index (χ1n) is 13.7. The normalized spacial score (nSPS) is 15.6. The standard InChI is InChI=1S/C33H31FN2O5S/c1-3-7-25-16-23(17-28(40-4-2)31(25)41-21-22-10-12-27(34)13-11-22)18-29-32(38)36(33(39)42-29)20-30(37)35-15-14-24-8-5-6-9-26(24)19-35/h3,5-6,8-13,16-18H,1,4,7,14-15,19-21H2,2H3/b29-18-. The van der Waals surface area contributed by atoms with Crippen LogP contribution in [-0.4, -0.2) is 46.5 Å². The maximum absolute atomic E-state index is 13.3. The smallest absolute Gasteiger partial charge is 0.294 e. The number of carbonyl (C=O) groups is 3. The van der Waals surface area contributed by atoms with Gasteiger partial charge in [0.1, 0.15) is 19.0 Å². The molecule has 2 heterocycles. The number of imide groups is 1. The quantitative estimate of drug-likeness (QED) is 0.210. The number of amides is 3. The van der Waals surface area contributed by atoms with E-state index in [2.05, 4.69) is 12.6 Å². The summed E-state index contributed by atoms with van der Waals surface area (Å²) < 4.78 is 25.3. The van der Waals surface area contributed by atoms with Gasteiger partial charge in [-0.25, -0.2) is 4.39 Å². The van der Waals surface area contributed by atoms with Gasteiger partial charge in [0.2, 0.25) is 5.91 Å². The molecule has 3 aromatic carbocycles. The number of carbonyl (C=O) groups excluding carboxylic acids is 3. The van der Waals surface area contributed by atoms with Crippen molar-refractivity contribution in [2.45, 2.75) is 32.9 Å². The van der Waals surface area contributed by atoms with Crippen LogP contribution in [0.2, 0.25) is 0 Å². The van der Waals surface area contributed by atoms with Crippen LogP contribution >= 0.6 is 11.8 Å². The Bertz CT molecular complexity index is 1550. The number of allylic oxidation sites excluding steroid dienone is 1. The molecule has 1 saturated heterocycles. The molecule has 0 atom stereocenters. The van der Waals surface area contributed by atoms with Gasteiger partial charge in [-0.1, -0.05) is 42.5 Å². The average Bonchev–Trinajstić information content (AvgIpc) is 3.24. The predicted molar refractivity (Wildman–Crippen MR) is 160 cm³/mol. The first-order valence-corrected chi connectivity index (χ1v) is 14.6. The summed E-state index contributed by atoms with van der Waals surface area (Å²) in [6.45, 7) is 6.99. The zero-order chi connectivity index (χ0) is 29.6. The number of benzene rings is 3. The maximum atomic E-state index is 13.3. The molecule has 0 spiro atoms. The second-order valence-electron chi connectivity index (χ2n) is 9.95. The molecule has 3 aromatic rings. The van der Waals surface area contributed by atoms with E-state index in [0.717, 1.165) is 39.8 Å². The van der Waals surface area contributed by atoms with Crippen molar-refractivity contribution in [1.29, 1.82) is 0 Å². The number of rotatable bonds is 10. The lowest BCUT2D eigenvalue weighted by atomic mass is 10.00. The molecule has 0 saturated carbocycles. The molecule has 3 amide bonds. The van der Waals surface area contributed by atoms with Crippen LogP contribution in [0.4, 0.5) is 9.18 Å². The van der Waals surface area contributed by atoms with Gasteiger partial charge in [-0.2, -0.15) is 0 Å². The molecule has 5 rings (SSSR count). The van der Waals surface area contributed by atoms with Crippen LogP contribution in [0.15, 0.2) is 78.2 Å². The Hall–Kier alpha value is -4.37. The highest BCUT2D eigenvalue weighted by Gasteiger charge is 2.37. The summed E-state index contributed by atoms with van der Waals surface area (Å²) in [7, 11) is 0. The second-order valence-corrected chi connectivity index (χ2v) is 10.9. The van der Waals surface area contributed by atoms with Crippen molar-refractivity contribution in [3.05, 3.63) is 112 Å². The lowest BCUT2D eigenvalue weighted by molar-refractivity contribution is -0.136. The molecule has 0 aliphatic carbocycles. The third kappa shape index (κ3) is 6.57. The fourth-order valence-corrected chi connectivity index (χ4v) is 5.81. The van der Waals surface area contributed by atoms with Gasteiger partial charge in [0, 0.05) is 18.7 Å². The SMILES string of the molecule is C=CCc1cc(/C=C2\SC(=O)N(CC(=O)N3CCc4ccccc4C3)C2=O)cc(OCC)c1OCc1ccc(F)cc1. The van der Waals surface area contributed by atoms with Gasteiger partial charge in [-0.05, 0) is 84.1 Å². The van der Waals surface area contributed by atoms with E-state index < -0.39 is 11.1 Å². The first-order chi connectivity index (χ1) is 20.4. The predicted octanol–water partition coefficient (Wildman–Crippen LogP) is 6.15. The van der Waals surface area contributed by atoms with Crippen LogP contribution in [0.5, 0.6) is 11.5 Å². The van der Waals surface area contributed by atoms with Crippen molar-refractivity contribution in [1.82, 2.24) is 9.80 Å². The molecule has 7 nitrogen and oxygen atoms in total. The van der Waals surface area contributed by atoms with Crippen LogP contribution in [0.25, 0.3) is 6.08 Å². The maximum Gasteiger partial charge on any atom is 0.294 e. The largest absolute Gasteiger partial charge is 0.490 e. The third-order valence-electron chi connectivity index (χ3n) is 7.06. The third-order valence-corrected chi connectivity index (χ3v) is 7.97. The van der Waals surface area contributed by atoms with Crippen LogP contribution in [-0.2, 0) is 35.6 Å². The number of hydrogen-bond acceptors (Lipinski definition) is 6. The van der Waals surface area contributed by atoms with E-state index >= 15 is 0 Å². The molecule has 2 aliphatic heterocycles. The van der Waals surface area contributed by atoms with Crippen molar-refractivity contribution >= 4 is 34.9 Å². The Balaban J connectivity index is 1.33. The van der Waals surface area contributed by atoms with E-state index in [1.165, 1.54) is 17.7 Å². The van der Waals surface area contributed by atoms with Gasteiger partial charge in [-0.3, -0.25) is 19.3 Å². The highest BCUT2D eigenvalue weighted by Crippen LogP contribution is 2.38. The van der Waals surface area contributed by atoms with E-state index in [9.17, 15) is 18.8 Å². The van der Waals surface area contributed by atoms with Crippen LogP contribution in [0.1, 0.15) is 34.7 Å². The molecule has 0 N–H and O–H groups in total. The average molecular weight is 587 g/mol. The fourth-order valence-electron chi connectivity index (χ4n) is 4.97. The summed E-state index contributed by atoms with van der Waals surface area (Å²) in [5.74, 6) is -0.0835. The van der Waals surface area contributed by atoms with E-state index in [4.69, 9.17) is 9.47 Å². The van der Waals surface area contributed by atoms with Crippen molar-refractivity contribution in [2.24, 2.45) is 0 Å². The molecule has 0 aromatic heterocycles.